The second kappa shape index (κ2) is 7.14. The van der Waals surface area contributed by atoms with Crippen LogP contribution in [0.1, 0.15) is 36.1 Å². The van der Waals surface area contributed by atoms with Crippen LogP contribution >= 0.6 is 15.9 Å². The van der Waals surface area contributed by atoms with Crippen LogP contribution < -0.4 is 5.32 Å². The summed E-state index contributed by atoms with van der Waals surface area (Å²) in [7, 11) is 0. The number of benzene rings is 2. The number of aryl methyl sites for hydroxylation is 1. The monoisotopic (exact) mass is 353 g/mol. The number of halogens is 3. The molecular formula is C17H18BrF2N. The molecule has 0 aromatic heterocycles. The van der Waals surface area contributed by atoms with E-state index in [1.165, 1.54) is 6.07 Å². The minimum Gasteiger partial charge on any atom is -0.306 e. The smallest absolute Gasteiger partial charge is 0.137 e. The molecule has 1 atom stereocenters. The Morgan fingerprint density at radius 1 is 1.05 bits per heavy atom. The third-order valence-corrected chi connectivity index (χ3v) is 4.01. The Kier molecular flexibility index (Phi) is 5.48. The van der Waals surface area contributed by atoms with E-state index in [1.807, 2.05) is 6.07 Å². The van der Waals surface area contributed by atoms with Crippen molar-refractivity contribution < 1.29 is 8.78 Å². The Morgan fingerprint density at radius 3 is 2.33 bits per heavy atom. The summed E-state index contributed by atoms with van der Waals surface area (Å²) in [6, 6.07) is 9.94. The van der Waals surface area contributed by atoms with Crippen LogP contribution in [0.5, 0.6) is 0 Å². The molecule has 0 radical (unpaired) electrons. The second-order valence-corrected chi connectivity index (χ2v) is 5.92. The van der Waals surface area contributed by atoms with Crippen LogP contribution in [0.3, 0.4) is 0 Å². The number of hydrogen-bond acceptors (Lipinski definition) is 1. The molecule has 0 saturated carbocycles. The van der Waals surface area contributed by atoms with Crippen molar-refractivity contribution in [1.82, 2.24) is 5.32 Å². The third kappa shape index (κ3) is 3.89. The third-order valence-electron chi connectivity index (χ3n) is 3.40. The van der Waals surface area contributed by atoms with Gasteiger partial charge in [-0.25, -0.2) is 8.78 Å². The maximum atomic E-state index is 13.8. The summed E-state index contributed by atoms with van der Waals surface area (Å²) in [6.07, 6.45) is 0.965. The first-order chi connectivity index (χ1) is 10.0. The summed E-state index contributed by atoms with van der Waals surface area (Å²) in [5.41, 5.74) is 2.36. The van der Waals surface area contributed by atoms with Gasteiger partial charge in [-0.2, -0.15) is 0 Å². The molecule has 0 spiro atoms. The van der Waals surface area contributed by atoms with Crippen molar-refractivity contribution >= 4 is 15.9 Å². The fourth-order valence-corrected chi connectivity index (χ4v) is 2.59. The lowest BCUT2D eigenvalue weighted by molar-refractivity contribution is 0.578. The average molecular weight is 354 g/mol. The Balaban J connectivity index is 2.41. The van der Waals surface area contributed by atoms with Crippen molar-refractivity contribution in [2.24, 2.45) is 0 Å². The van der Waals surface area contributed by atoms with Gasteiger partial charge in [-0.15, -0.1) is 0 Å². The van der Waals surface area contributed by atoms with Gasteiger partial charge in [0.15, 0.2) is 0 Å². The zero-order chi connectivity index (χ0) is 15.4. The van der Waals surface area contributed by atoms with E-state index in [4.69, 9.17) is 0 Å². The van der Waals surface area contributed by atoms with Gasteiger partial charge in [0.05, 0.1) is 10.5 Å². The highest BCUT2D eigenvalue weighted by Crippen LogP contribution is 2.27. The van der Waals surface area contributed by atoms with Crippen LogP contribution in [0.25, 0.3) is 0 Å². The van der Waals surface area contributed by atoms with Crippen molar-refractivity contribution in [1.29, 1.82) is 0 Å². The van der Waals surface area contributed by atoms with Gasteiger partial charge in [0.25, 0.3) is 0 Å². The standard InChI is InChI=1S/C17H18BrF2N/c1-3-8-21-17(12-6-7-15(19)14(18)9-12)13-5-4-11(2)16(20)10-13/h4-7,9-10,17,21H,3,8H2,1-2H3. The molecule has 2 aromatic rings. The summed E-state index contributed by atoms with van der Waals surface area (Å²) in [5, 5.41) is 3.39. The highest BCUT2D eigenvalue weighted by molar-refractivity contribution is 9.10. The van der Waals surface area contributed by atoms with E-state index in [9.17, 15) is 8.78 Å². The first kappa shape index (κ1) is 16.1. The van der Waals surface area contributed by atoms with Gasteiger partial charge < -0.3 is 5.32 Å². The van der Waals surface area contributed by atoms with Gasteiger partial charge in [0.2, 0.25) is 0 Å². The molecule has 0 bridgehead atoms. The summed E-state index contributed by atoms with van der Waals surface area (Å²) in [4.78, 5) is 0. The van der Waals surface area contributed by atoms with E-state index in [2.05, 4.69) is 28.2 Å². The van der Waals surface area contributed by atoms with E-state index >= 15 is 0 Å². The lowest BCUT2D eigenvalue weighted by atomic mass is 9.97. The lowest BCUT2D eigenvalue weighted by Gasteiger charge is -2.20. The van der Waals surface area contributed by atoms with Crippen LogP contribution in [0, 0.1) is 18.6 Å². The normalized spacial score (nSPS) is 12.4. The zero-order valence-electron chi connectivity index (χ0n) is 12.1. The quantitative estimate of drug-likeness (QED) is 0.785. The van der Waals surface area contributed by atoms with Crippen molar-refractivity contribution in [2.45, 2.75) is 26.3 Å². The molecule has 0 amide bonds. The summed E-state index contributed by atoms with van der Waals surface area (Å²) in [5.74, 6) is -0.528. The van der Waals surface area contributed by atoms with Crippen LogP contribution in [-0.2, 0) is 0 Å². The van der Waals surface area contributed by atoms with E-state index in [1.54, 1.807) is 31.2 Å². The van der Waals surface area contributed by atoms with Gasteiger partial charge in [-0.3, -0.25) is 0 Å². The molecule has 0 aliphatic heterocycles. The van der Waals surface area contributed by atoms with Crippen LogP contribution in [0.15, 0.2) is 40.9 Å². The van der Waals surface area contributed by atoms with E-state index in [0.29, 0.717) is 10.0 Å². The first-order valence-corrected chi connectivity index (χ1v) is 7.76. The molecular weight excluding hydrogens is 336 g/mol. The summed E-state index contributed by atoms with van der Waals surface area (Å²) >= 11 is 3.20. The van der Waals surface area contributed by atoms with E-state index in [-0.39, 0.29) is 17.7 Å². The Bertz CT molecular complexity index is 577. The van der Waals surface area contributed by atoms with Crippen molar-refractivity contribution in [3.8, 4) is 0 Å². The Hall–Kier alpha value is -1.26. The topological polar surface area (TPSA) is 12.0 Å². The van der Waals surface area contributed by atoms with Gasteiger partial charge in [0, 0.05) is 0 Å². The van der Waals surface area contributed by atoms with Crippen molar-refractivity contribution in [3.63, 3.8) is 0 Å². The molecule has 21 heavy (non-hydrogen) atoms. The zero-order valence-corrected chi connectivity index (χ0v) is 13.7. The minimum atomic E-state index is -0.303. The predicted molar refractivity (Wildman–Crippen MR) is 85.4 cm³/mol. The van der Waals surface area contributed by atoms with Crippen LogP contribution in [0.4, 0.5) is 8.78 Å². The highest BCUT2D eigenvalue weighted by Gasteiger charge is 2.16. The number of hydrogen-bond donors (Lipinski definition) is 1. The molecule has 4 heteroatoms. The van der Waals surface area contributed by atoms with Crippen LogP contribution in [0.2, 0.25) is 0 Å². The van der Waals surface area contributed by atoms with Gasteiger partial charge in [0.1, 0.15) is 11.6 Å². The maximum Gasteiger partial charge on any atom is 0.137 e. The summed E-state index contributed by atoms with van der Waals surface area (Å²) in [6.45, 7) is 4.61. The van der Waals surface area contributed by atoms with Gasteiger partial charge in [-0.05, 0) is 70.7 Å². The van der Waals surface area contributed by atoms with E-state index < -0.39 is 0 Å². The van der Waals surface area contributed by atoms with Crippen molar-refractivity contribution in [3.05, 3.63) is 69.2 Å². The molecule has 0 fully saturated rings. The molecule has 0 aliphatic rings. The molecule has 0 aliphatic carbocycles. The minimum absolute atomic E-state index is 0.156. The molecule has 0 saturated heterocycles. The summed E-state index contributed by atoms with van der Waals surface area (Å²) < 4.78 is 27.6. The Morgan fingerprint density at radius 2 is 1.71 bits per heavy atom. The molecule has 1 unspecified atom stereocenters. The highest BCUT2D eigenvalue weighted by atomic mass is 79.9. The lowest BCUT2D eigenvalue weighted by Crippen LogP contribution is -2.23. The SMILES string of the molecule is CCCNC(c1ccc(C)c(F)c1)c1ccc(F)c(Br)c1. The molecule has 1 N–H and O–H groups in total. The van der Waals surface area contributed by atoms with Gasteiger partial charge in [-0.1, -0.05) is 25.1 Å². The largest absolute Gasteiger partial charge is 0.306 e. The fourth-order valence-electron chi connectivity index (χ4n) is 2.20. The second-order valence-electron chi connectivity index (χ2n) is 5.07. The molecule has 0 heterocycles. The predicted octanol–water partition coefficient (Wildman–Crippen LogP) is 5.12. The van der Waals surface area contributed by atoms with E-state index in [0.717, 1.165) is 24.1 Å². The molecule has 1 nitrogen and oxygen atoms in total. The van der Waals surface area contributed by atoms with Crippen LogP contribution in [-0.4, -0.2) is 6.54 Å². The number of rotatable bonds is 5. The molecule has 2 aromatic carbocycles. The maximum absolute atomic E-state index is 13.8. The fraction of sp³-hybridized carbons (Fsp3) is 0.294. The van der Waals surface area contributed by atoms with Gasteiger partial charge >= 0.3 is 0 Å². The molecule has 112 valence electrons. The van der Waals surface area contributed by atoms with Crippen molar-refractivity contribution in [2.75, 3.05) is 6.54 Å². The molecule has 2 rings (SSSR count). The average Bonchev–Trinajstić information content (AvgIpc) is 2.46. The number of nitrogens with one attached hydrogen (secondary N) is 1. The first-order valence-electron chi connectivity index (χ1n) is 6.97. The Labute approximate surface area is 132 Å².